The predicted molar refractivity (Wildman–Crippen MR) is 79.7 cm³/mol. The van der Waals surface area contributed by atoms with E-state index in [1.165, 1.54) is 0 Å². The Bertz CT molecular complexity index is 566. The molecule has 0 aliphatic heterocycles. The third kappa shape index (κ3) is 3.15. The zero-order valence-electron chi connectivity index (χ0n) is 11.9. The van der Waals surface area contributed by atoms with Gasteiger partial charge < -0.3 is 19.9 Å². The van der Waals surface area contributed by atoms with Crippen LogP contribution in [0.2, 0.25) is 0 Å². The van der Waals surface area contributed by atoms with E-state index in [1.807, 2.05) is 30.3 Å². The van der Waals surface area contributed by atoms with Gasteiger partial charge in [-0.3, -0.25) is 0 Å². The van der Waals surface area contributed by atoms with Crippen molar-refractivity contribution in [3.8, 4) is 17.2 Å². The molecule has 2 aromatic rings. The Labute approximate surface area is 119 Å². The molecule has 2 aromatic carbocycles. The molecule has 0 saturated heterocycles. The molecule has 0 aliphatic rings. The summed E-state index contributed by atoms with van der Waals surface area (Å²) >= 11 is 0. The van der Waals surface area contributed by atoms with Crippen LogP contribution in [-0.4, -0.2) is 19.3 Å². The summed E-state index contributed by atoms with van der Waals surface area (Å²) in [4.78, 5) is 0. The highest BCUT2D eigenvalue weighted by atomic mass is 16.5. The first-order valence-electron chi connectivity index (χ1n) is 6.41. The summed E-state index contributed by atoms with van der Waals surface area (Å²) in [5.41, 5.74) is 1.98. The molecule has 4 heteroatoms. The van der Waals surface area contributed by atoms with Crippen molar-refractivity contribution in [3.05, 3.63) is 48.0 Å². The van der Waals surface area contributed by atoms with Gasteiger partial charge in [-0.05, 0) is 36.8 Å². The van der Waals surface area contributed by atoms with E-state index in [9.17, 15) is 5.11 Å². The number of anilines is 1. The number of phenols is 1. The maximum Gasteiger partial charge on any atom is 0.145 e. The van der Waals surface area contributed by atoms with Crippen molar-refractivity contribution < 1.29 is 14.6 Å². The van der Waals surface area contributed by atoms with E-state index in [2.05, 4.69) is 12.2 Å². The Morgan fingerprint density at radius 1 is 1.00 bits per heavy atom. The van der Waals surface area contributed by atoms with Gasteiger partial charge in [0.1, 0.15) is 17.2 Å². The monoisotopic (exact) mass is 273 g/mol. The van der Waals surface area contributed by atoms with Gasteiger partial charge in [0, 0.05) is 12.1 Å². The van der Waals surface area contributed by atoms with Crippen molar-refractivity contribution in [1.29, 1.82) is 0 Å². The Morgan fingerprint density at radius 2 is 1.70 bits per heavy atom. The molecule has 1 unspecified atom stereocenters. The van der Waals surface area contributed by atoms with Crippen molar-refractivity contribution in [2.24, 2.45) is 0 Å². The second kappa shape index (κ2) is 6.19. The molecule has 0 heterocycles. The Hall–Kier alpha value is -2.36. The standard InChI is InChI=1S/C16H19NO3/c1-11(12-4-6-13(18)7-5-12)17-15-9-8-14(19-2)10-16(15)20-3/h4-11,17-18H,1-3H3. The average molecular weight is 273 g/mol. The number of hydrogen-bond acceptors (Lipinski definition) is 4. The maximum absolute atomic E-state index is 9.31. The van der Waals surface area contributed by atoms with Crippen LogP contribution in [0.5, 0.6) is 17.2 Å². The van der Waals surface area contributed by atoms with Crippen LogP contribution in [0.15, 0.2) is 42.5 Å². The van der Waals surface area contributed by atoms with Gasteiger partial charge in [0.15, 0.2) is 0 Å². The van der Waals surface area contributed by atoms with E-state index in [0.29, 0.717) is 0 Å². The van der Waals surface area contributed by atoms with E-state index in [4.69, 9.17) is 9.47 Å². The van der Waals surface area contributed by atoms with Crippen molar-refractivity contribution in [3.63, 3.8) is 0 Å². The second-order valence-corrected chi connectivity index (χ2v) is 4.52. The van der Waals surface area contributed by atoms with Gasteiger partial charge in [0.05, 0.1) is 19.9 Å². The van der Waals surface area contributed by atoms with Crippen molar-refractivity contribution in [2.75, 3.05) is 19.5 Å². The normalized spacial score (nSPS) is 11.8. The lowest BCUT2D eigenvalue weighted by molar-refractivity contribution is 0.395. The highest BCUT2D eigenvalue weighted by Crippen LogP contribution is 2.32. The van der Waals surface area contributed by atoms with Crippen LogP contribution in [0.1, 0.15) is 18.5 Å². The number of nitrogens with one attached hydrogen (secondary N) is 1. The molecule has 0 aliphatic carbocycles. The summed E-state index contributed by atoms with van der Waals surface area (Å²) in [6, 6.07) is 12.9. The molecular weight excluding hydrogens is 254 g/mol. The molecule has 2 N–H and O–H groups in total. The van der Waals surface area contributed by atoms with Crippen molar-refractivity contribution in [1.82, 2.24) is 0 Å². The summed E-state index contributed by atoms with van der Waals surface area (Å²) in [6.07, 6.45) is 0. The van der Waals surface area contributed by atoms with Gasteiger partial charge in [-0.15, -0.1) is 0 Å². The zero-order valence-corrected chi connectivity index (χ0v) is 11.9. The summed E-state index contributed by atoms with van der Waals surface area (Å²) in [5, 5.41) is 12.7. The quantitative estimate of drug-likeness (QED) is 0.874. The van der Waals surface area contributed by atoms with Gasteiger partial charge >= 0.3 is 0 Å². The van der Waals surface area contributed by atoms with Crippen LogP contribution in [0, 0.1) is 0 Å². The lowest BCUT2D eigenvalue weighted by Crippen LogP contribution is -2.07. The molecule has 0 saturated carbocycles. The summed E-state index contributed by atoms with van der Waals surface area (Å²) < 4.78 is 10.5. The van der Waals surface area contributed by atoms with Crippen LogP contribution in [0.25, 0.3) is 0 Å². The molecule has 0 spiro atoms. The van der Waals surface area contributed by atoms with Crippen molar-refractivity contribution >= 4 is 5.69 Å². The second-order valence-electron chi connectivity index (χ2n) is 4.52. The topological polar surface area (TPSA) is 50.7 Å². The van der Waals surface area contributed by atoms with E-state index in [1.54, 1.807) is 26.4 Å². The fourth-order valence-electron chi connectivity index (χ4n) is 2.00. The molecule has 4 nitrogen and oxygen atoms in total. The van der Waals surface area contributed by atoms with Crippen molar-refractivity contribution in [2.45, 2.75) is 13.0 Å². The van der Waals surface area contributed by atoms with E-state index >= 15 is 0 Å². The highest BCUT2D eigenvalue weighted by molar-refractivity contribution is 5.60. The van der Waals surface area contributed by atoms with Gasteiger partial charge in [-0.2, -0.15) is 0 Å². The molecule has 106 valence electrons. The van der Waals surface area contributed by atoms with Gasteiger partial charge in [0.2, 0.25) is 0 Å². The molecule has 0 aromatic heterocycles. The number of aromatic hydroxyl groups is 1. The van der Waals surface area contributed by atoms with Crippen LogP contribution in [0.4, 0.5) is 5.69 Å². The molecule has 0 fully saturated rings. The molecule has 0 radical (unpaired) electrons. The largest absolute Gasteiger partial charge is 0.508 e. The van der Waals surface area contributed by atoms with E-state index in [0.717, 1.165) is 22.7 Å². The zero-order chi connectivity index (χ0) is 14.5. The van der Waals surface area contributed by atoms with E-state index in [-0.39, 0.29) is 11.8 Å². The lowest BCUT2D eigenvalue weighted by Gasteiger charge is -2.18. The summed E-state index contributed by atoms with van der Waals surface area (Å²) in [7, 11) is 3.26. The van der Waals surface area contributed by atoms with Crippen LogP contribution >= 0.6 is 0 Å². The lowest BCUT2D eigenvalue weighted by atomic mass is 10.1. The number of methoxy groups -OCH3 is 2. The molecule has 20 heavy (non-hydrogen) atoms. The number of benzene rings is 2. The highest BCUT2D eigenvalue weighted by Gasteiger charge is 2.10. The summed E-state index contributed by atoms with van der Waals surface area (Å²) in [6.45, 7) is 2.05. The van der Waals surface area contributed by atoms with Gasteiger partial charge in [-0.1, -0.05) is 12.1 Å². The third-order valence-corrected chi connectivity index (χ3v) is 3.17. The molecule has 0 amide bonds. The first-order valence-corrected chi connectivity index (χ1v) is 6.41. The minimum Gasteiger partial charge on any atom is -0.508 e. The Balaban J connectivity index is 2.18. The first kappa shape index (κ1) is 14.1. The van der Waals surface area contributed by atoms with E-state index < -0.39 is 0 Å². The summed E-state index contributed by atoms with van der Waals surface area (Å²) in [5.74, 6) is 1.75. The molecule has 2 rings (SSSR count). The number of rotatable bonds is 5. The number of phenolic OH excluding ortho intramolecular Hbond substituents is 1. The fourth-order valence-corrected chi connectivity index (χ4v) is 2.00. The first-order chi connectivity index (χ1) is 9.63. The SMILES string of the molecule is COc1ccc(NC(C)c2ccc(O)cc2)c(OC)c1. The van der Waals surface area contributed by atoms with Crippen LogP contribution < -0.4 is 14.8 Å². The number of ether oxygens (including phenoxy) is 2. The smallest absolute Gasteiger partial charge is 0.145 e. The fraction of sp³-hybridized carbons (Fsp3) is 0.250. The average Bonchev–Trinajstić information content (AvgIpc) is 2.48. The molecular formula is C16H19NO3. The Morgan fingerprint density at radius 3 is 2.30 bits per heavy atom. The maximum atomic E-state index is 9.31. The van der Waals surface area contributed by atoms with Gasteiger partial charge in [-0.25, -0.2) is 0 Å². The Kier molecular flexibility index (Phi) is 4.35. The van der Waals surface area contributed by atoms with Crippen LogP contribution in [0.3, 0.4) is 0 Å². The van der Waals surface area contributed by atoms with Crippen LogP contribution in [-0.2, 0) is 0 Å². The minimum absolute atomic E-state index is 0.0953. The predicted octanol–water partition coefficient (Wildman–Crippen LogP) is 3.58. The molecule has 0 bridgehead atoms. The van der Waals surface area contributed by atoms with Gasteiger partial charge in [0.25, 0.3) is 0 Å². The third-order valence-electron chi connectivity index (χ3n) is 3.17. The number of hydrogen-bond donors (Lipinski definition) is 2. The minimum atomic E-state index is 0.0953. The molecule has 1 atom stereocenters.